The van der Waals surface area contributed by atoms with Gasteiger partial charge < -0.3 is 15.0 Å². The van der Waals surface area contributed by atoms with Crippen molar-refractivity contribution in [3.8, 4) is 11.3 Å². The first kappa shape index (κ1) is 15.1. The van der Waals surface area contributed by atoms with Crippen molar-refractivity contribution < 1.29 is 9.90 Å². The van der Waals surface area contributed by atoms with Crippen LogP contribution in [0.25, 0.3) is 11.3 Å². The summed E-state index contributed by atoms with van der Waals surface area (Å²) in [5, 5.41) is 10.7. The molecule has 0 atom stereocenters. The van der Waals surface area contributed by atoms with Crippen LogP contribution < -0.4 is 0 Å². The molecular weight excluding hydrogens is 300 g/mol. The fourth-order valence-electron chi connectivity index (χ4n) is 2.93. The Labute approximate surface area is 134 Å². The molecule has 2 N–H and O–H groups in total. The Morgan fingerprint density at radius 3 is 2.82 bits per heavy atom. The zero-order valence-electron chi connectivity index (χ0n) is 12.7. The largest absolute Gasteiger partial charge is 0.381 e. The second kappa shape index (κ2) is 5.45. The predicted molar refractivity (Wildman–Crippen MR) is 86.7 cm³/mol. The Balaban J connectivity index is 2.01. The molecular formula is C17H19ClN2O2. The van der Waals surface area contributed by atoms with E-state index in [2.05, 4.69) is 4.98 Å². The van der Waals surface area contributed by atoms with E-state index in [4.69, 9.17) is 11.6 Å². The first-order chi connectivity index (χ1) is 10.4. The molecule has 1 amide bonds. The molecule has 22 heavy (non-hydrogen) atoms. The van der Waals surface area contributed by atoms with Gasteiger partial charge in [0, 0.05) is 35.6 Å². The van der Waals surface area contributed by atoms with Crippen LogP contribution in [0.2, 0.25) is 5.02 Å². The van der Waals surface area contributed by atoms with Gasteiger partial charge in [0.1, 0.15) is 5.60 Å². The van der Waals surface area contributed by atoms with Crippen LogP contribution >= 0.6 is 11.6 Å². The average molecular weight is 319 g/mol. The fourth-order valence-corrected chi connectivity index (χ4v) is 3.17. The Morgan fingerprint density at radius 2 is 2.18 bits per heavy atom. The molecule has 0 unspecified atom stereocenters. The van der Waals surface area contributed by atoms with Gasteiger partial charge in [0.2, 0.25) is 0 Å². The molecule has 1 aliphatic heterocycles. The van der Waals surface area contributed by atoms with Crippen molar-refractivity contribution in [2.45, 2.75) is 32.4 Å². The third kappa shape index (κ3) is 2.76. The number of aromatic nitrogens is 1. The highest BCUT2D eigenvalue weighted by Crippen LogP contribution is 2.33. The first-order valence-corrected chi connectivity index (χ1v) is 7.71. The highest BCUT2D eigenvalue weighted by molar-refractivity contribution is 6.31. The number of carbonyl (C=O) groups excluding carboxylic acids is 1. The van der Waals surface area contributed by atoms with E-state index >= 15 is 0 Å². The number of benzene rings is 1. The van der Waals surface area contributed by atoms with Gasteiger partial charge in [-0.1, -0.05) is 11.6 Å². The minimum absolute atomic E-state index is 0.245. The van der Waals surface area contributed by atoms with E-state index in [-0.39, 0.29) is 5.91 Å². The van der Waals surface area contributed by atoms with Gasteiger partial charge in [-0.25, -0.2) is 0 Å². The molecule has 3 rings (SSSR count). The number of aliphatic hydroxyl groups is 1. The minimum Gasteiger partial charge on any atom is -0.381 e. The summed E-state index contributed by atoms with van der Waals surface area (Å²) in [4.78, 5) is 17.2. The lowest BCUT2D eigenvalue weighted by Crippen LogP contribution is -2.47. The molecule has 1 aromatic heterocycles. The lowest BCUT2D eigenvalue weighted by molar-refractivity contribution is -0.148. The number of fused-ring (bicyclic) bond motifs is 1. The van der Waals surface area contributed by atoms with E-state index in [1.54, 1.807) is 4.90 Å². The van der Waals surface area contributed by atoms with Crippen molar-refractivity contribution in [2.75, 3.05) is 6.54 Å². The number of carbonyl (C=O) groups is 1. The molecule has 0 fully saturated rings. The molecule has 1 aromatic carbocycles. The molecule has 0 aliphatic carbocycles. The van der Waals surface area contributed by atoms with Gasteiger partial charge >= 0.3 is 0 Å². The van der Waals surface area contributed by atoms with E-state index in [0.29, 0.717) is 18.1 Å². The van der Waals surface area contributed by atoms with Crippen molar-refractivity contribution in [1.29, 1.82) is 0 Å². The van der Waals surface area contributed by atoms with Crippen LogP contribution in [-0.2, 0) is 17.8 Å². The number of amides is 1. The lowest BCUT2D eigenvalue weighted by Gasteiger charge is -2.34. The average Bonchev–Trinajstić information content (AvgIpc) is 2.98. The zero-order chi connectivity index (χ0) is 15.9. The number of H-pyrrole nitrogens is 1. The number of nitrogens with zero attached hydrogens (tertiary/aromatic N) is 1. The van der Waals surface area contributed by atoms with E-state index in [1.165, 1.54) is 13.8 Å². The van der Waals surface area contributed by atoms with Gasteiger partial charge in [0.05, 0.1) is 0 Å². The highest BCUT2D eigenvalue weighted by atomic mass is 35.5. The highest BCUT2D eigenvalue weighted by Gasteiger charge is 2.32. The van der Waals surface area contributed by atoms with Crippen LogP contribution in [0.3, 0.4) is 0 Å². The van der Waals surface area contributed by atoms with E-state index in [0.717, 1.165) is 28.8 Å². The Bertz CT molecular complexity index is 702. The number of rotatable bonds is 2. The van der Waals surface area contributed by atoms with E-state index in [1.807, 2.05) is 30.5 Å². The van der Waals surface area contributed by atoms with Crippen molar-refractivity contribution >= 4 is 17.5 Å². The summed E-state index contributed by atoms with van der Waals surface area (Å²) in [5.74, 6) is -0.245. The quantitative estimate of drug-likeness (QED) is 0.894. The summed E-state index contributed by atoms with van der Waals surface area (Å²) in [7, 11) is 0. The van der Waals surface area contributed by atoms with Gasteiger partial charge in [-0.15, -0.1) is 0 Å². The molecule has 0 spiro atoms. The van der Waals surface area contributed by atoms with Crippen molar-refractivity contribution in [3.05, 3.63) is 46.6 Å². The molecule has 1 aliphatic rings. The van der Waals surface area contributed by atoms with Gasteiger partial charge in [0.15, 0.2) is 0 Å². The topological polar surface area (TPSA) is 56.3 Å². The Hall–Kier alpha value is -1.78. The Kier molecular flexibility index (Phi) is 3.75. The monoisotopic (exact) mass is 318 g/mol. The molecule has 4 nitrogen and oxygen atoms in total. The second-order valence-electron chi connectivity index (χ2n) is 6.21. The standard InChI is InChI=1S/C17H19ClN2O2/c1-17(2,22)16(21)20-7-5-11-8-12(18)9-13(14(11)10-20)15-4-3-6-19-15/h3-4,6,8-9,19,22H,5,7,10H2,1-2H3. The van der Waals surface area contributed by atoms with Crippen molar-refractivity contribution in [3.63, 3.8) is 0 Å². The third-order valence-electron chi connectivity index (χ3n) is 4.01. The van der Waals surface area contributed by atoms with Crippen LogP contribution in [0.15, 0.2) is 30.5 Å². The van der Waals surface area contributed by atoms with Crippen LogP contribution in [0.1, 0.15) is 25.0 Å². The number of hydrogen-bond acceptors (Lipinski definition) is 2. The molecule has 0 bridgehead atoms. The first-order valence-electron chi connectivity index (χ1n) is 7.33. The fraction of sp³-hybridized carbons (Fsp3) is 0.353. The summed E-state index contributed by atoms with van der Waals surface area (Å²) in [5.41, 5.74) is 2.90. The SMILES string of the molecule is CC(C)(O)C(=O)N1CCc2cc(Cl)cc(-c3ccc[nH]3)c2C1. The molecule has 5 heteroatoms. The van der Waals surface area contributed by atoms with Crippen LogP contribution in [0.4, 0.5) is 0 Å². The zero-order valence-corrected chi connectivity index (χ0v) is 13.4. The molecule has 0 saturated heterocycles. The van der Waals surface area contributed by atoms with E-state index in [9.17, 15) is 9.90 Å². The lowest BCUT2D eigenvalue weighted by atomic mass is 9.92. The normalized spacial score (nSPS) is 14.8. The minimum atomic E-state index is -1.35. The van der Waals surface area contributed by atoms with Gasteiger partial charge in [0.25, 0.3) is 5.91 Å². The molecule has 2 aromatic rings. The number of aromatic amines is 1. The molecule has 116 valence electrons. The third-order valence-corrected chi connectivity index (χ3v) is 4.22. The van der Waals surface area contributed by atoms with Gasteiger partial charge in [-0.3, -0.25) is 4.79 Å². The number of nitrogens with one attached hydrogen (secondary N) is 1. The summed E-state index contributed by atoms with van der Waals surface area (Å²) in [6.07, 6.45) is 2.61. The maximum absolute atomic E-state index is 12.3. The van der Waals surface area contributed by atoms with Crippen LogP contribution in [0, 0.1) is 0 Å². The summed E-state index contributed by atoms with van der Waals surface area (Å²) in [6.45, 7) is 4.14. The van der Waals surface area contributed by atoms with Crippen LogP contribution in [0.5, 0.6) is 0 Å². The molecule has 2 heterocycles. The van der Waals surface area contributed by atoms with Crippen LogP contribution in [-0.4, -0.2) is 33.0 Å². The van der Waals surface area contributed by atoms with E-state index < -0.39 is 5.60 Å². The smallest absolute Gasteiger partial charge is 0.254 e. The van der Waals surface area contributed by atoms with Gasteiger partial charge in [-0.2, -0.15) is 0 Å². The maximum atomic E-state index is 12.3. The second-order valence-corrected chi connectivity index (χ2v) is 6.65. The number of hydrogen-bond donors (Lipinski definition) is 2. The molecule has 0 radical (unpaired) electrons. The summed E-state index contributed by atoms with van der Waals surface area (Å²) in [6, 6.07) is 7.81. The summed E-state index contributed by atoms with van der Waals surface area (Å²) >= 11 is 6.24. The predicted octanol–water partition coefficient (Wildman–Crippen LogP) is 2.99. The van der Waals surface area contributed by atoms with Gasteiger partial charge in [-0.05, 0) is 55.7 Å². The molecule has 0 saturated carbocycles. The van der Waals surface area contributed by atoms with Crippen molar-refractivity contribution in [2.24, 2.45) is 0 Å². The van der Waals surface area contributed by atoms with Crippen molar-refractivity contribution in [1.82, 2.24) is 9.88 Å². The number of halogens is 1. The Morgan fingerprint density at radius 1 is 1.41 bits per heavy atom. The summed E-state index contributed by atoms with van der Waals surface area (Å²) < 4.78 is 0. The maximum Gasteiger partial charge on any atom is 0.254 e.